The third kappa shape index (κ3) is 1.98. The van der Waals surface area contributed by atoms with E-state index < -0.39 is 11.4 Å². The number of carbonyl (C=O) groups excluding carboxylic acids is 1. The molecule has 1 aromatic carbocycles. The number of ether oxygens (including phenoxy) is 1. The maximum atomic E-state index is 11.8. The predicted molar refractivity (Wildman–Crippen MR) is 71.1 cm³/mol. The summed E-state index contributed by atoms with van der Waals surface area (Å²) in [6, 6.07) is 5.80. The molecule has 1 N–H and O–H groups in total. The highest BCUT2D eigenvalue weighted by Crippen LogP contribution is 2.49. The van der Waals surface area contributed by atoms with Crippen molar-refractivity contribution in [2.24, 2.45) is 0 Å². The van der Waals surface area contributed by atoms with Gasteiger partial charge < -0.3 is 14.7 Å². The second kappa shape index (κ2) is 4.59. The molecular weight excluding hydrogens is 258 g/mol. The normalized spacial score (nSPS) is 18.8. The quantitative estimate of drug-likeness (QED) is 0.899. The Kier molecular flexibility index (Phi) is 3.01. The molecule has 1 saturated carbocycles. The van der Waals surface area contributed by atoms with Crippen molar-refractivity contribution in [2.75, 3.05) is 13.7 Å². The van der Waals surface area contributed by atoms with Gasteiger partial charge in [0, 0.05) is 20.2 Å². The molecule has 106 valence electrons. The van der Waals surface area contributed by atoms with Crippen LogP contribution in [0.4, 0.5) is 0 Å². The van der Waals surface area contributed by atoms with Gasteiger partial charge in [0.1, 0.15) is 6.61 Å². The van der Waals surface area contributed by atoms with Crippen molar-refractivity contribution in [3.8, 4) is 0 Å². The molecule has 5 nitrogen and oxygen atoms in total. The summed E-state index contributed by atoms with van der Waals surface area (Å²) in [6.45, 7) is 1.21. The summed E-state index contributed by atoms with van der Waals surface area (Å²) in [5.41, 5.74) is 2.34. The SMILES string of the molecule is COCC(=O)N1Cc2ccc(C3(C(=O)O)CC3)cc2C1. The minimum atomic E-state index is -0.747. The van der Waals surface area contributed by atoms with Crippen molar-refractivity contribution >= 4 is 11.9 Å². The van der Waals surface area contributed by atoms with E-state index >= 15 is 0 Å². The highest BCUT2D eigenvalue weighted by Gasteiger charge is 2.51. The summed E-state index contributed by atoms with van der Waals surface area (Å²) in [6.07, 6.45) is 1.40. The number of carbonyl (C=O) groups is 2. The Morgan fingerprint density at radius 2 is 2.00 bits per heavy atom. The number of nitrogens with zero attached hydrogens (tertiary/aromatic N) is 1. The highest BCUT2D eigenvalue weighted by atomic mass is 16.5. The van der Waals surface area contributed by atoms with Crippen LogP contribution in [-0.4, -0.2) is 35.6 Å². The molecule has 1 aliphatic carbocycles. The largest absolute Gasteiger partial charge is 0.481 e. The number of carboxylic acids is 1. The van der Waals surface area contributed by atoms with Gasteiger partial charge in [-0.3, -0.25) is 9.59 Å². The van der Waals surface area contributed by atoms with Crippen LogP contribution < -0.4 is 0 Å². The Morgan fingerprint density at radius 1 is 1.30 bits per heavy atom. The highest BCUT2D eigenvalue weighted by molar-refractivity contribution is 5.85. The van der Waals surface area contributed by atoms with Gasteiger partial charge in [-0.2, -0.15) is 0 Å². The van der Waals surface area contributed by atoms with Crippen LogP contribution in [0.2, 0.25) is 0 Å². The van der Waals surface area contributed by atoms with Crippen LogP contribution in [0.5, 0.6) is 0 Å². The molecule has 0 saturated heterocycles. The summed E-state index contributed by atoms with van der Waals surface area (Å²) in [5.74, 6) is -0.785. The van der Waals surface area contributed by atoms with E-state index in [4.69, 9.17) is 4.74 Å². The first-order valence-electron chi connectivity index (χ1n) is 6.69. The predicted octanol–water partition coefficient (Wildman–Crippen LogP) is 1.29. The molecule has 2 aliphatic rings. The maximum absolute atomic E-state index is 11.8. The van der Waals surface area contributed by atoms with Gasteiger partial charge in [-0.1, -0.05) is 18.2 Å². The van der Waals surface area contributed by atoms with Crippen molar-refractivity contribution in [1.82, 2.24) is 4.90 Å². The fourth-order valence-corrected chi connectivity index (χ4v) is 2.83. The monoisotopic (exact) mass is 275 g/mol. The Hall–Kier alpha value is -1.88. The van der Waals surface area contributed by atoms with Crippen molar-refractivity contribution in [2.45, 2.75) is 31.3 Å². The Balaban J connectivity index is 1.82. The smallest absolute Gasteiger partial charge is 0.314 e. The summed E-state index contributed by atoms with van der Waals surface area (Å²) in [4.78, 5) is 24.9. The minimum Gasteiger partial charge on any atom is -0.481 e. The zero-order valence-corrected chi connectivity index (χ0v) is 11.4. The van der Waals surface area contributed by atoms with Crippen molar-refractivity contribution < 1.29 is 19.4 Å². The van der Waals surface area contributed by atoms with Gasteiger partial charge in [0.15, 0.2) is 0 Å². The lowest BCUT2D eigenvalue weighted by Crippen LogP contribution is -2.28. The van der Waals surface area contributed by atoms with Crippen LogP contribution in [0.25, 0.3) is 0 Å². The Morgan fingerprint density at radius 3 is 2.60 bits per heavy atom. The van der Waals surface area contributed by atoms with Gasteiger partial charge in [0.2, 0.25) is 5.91 Å². The molecule has 3 rings (SSSR count). The number of hydrogen-bond acceptors (Lipinski definition) is 3. The fourth-order valence-electron chi connectivity index (χ4n) is 2.83. The lowest BCUT2D eigenvalue weighted by Gasteiger charge is -2.14. The van der Waals surface area contributed by atoms with Crippen LogP contribution in [0, 0.1) is 0 Å². The fraction of sp³-hybridized carbons (Fsp3) is 0.467. The molecule has 20 heavy (non-hydrogen) atoms. The first-order valence-corrected chi connectivity index (χ1v) is 6.69. The zero-order valence-electron chi connectivity index (χ0n) is 11.4. The third-order valence-corrected chi connectivity index (χ3v) is 4.26. The van der Waals surface area contributed by atoms with Gasteiger partial charge in [-0.05, 0) is 29.5 Å². The number of rotatable bonds is 4. The van der Waals surface area contributed by atoms with Crippen LogP contribution >= 0.6 is 0 Å². The first-order chi connectivity index (χ1) is 9.56. The minimum absolute atomic E-state index is 0.0374. The number of fused-ring (bicyclic) bond motifs is 1. The molecule has 0 unspecified atom stereocenters. The average molecular weight is 275 g/mol. The van der Waals surface area contributed by atoms with Crippen LogP contribution in [0.15, 0.2) is 18.2 Å². The van der Waals surface area contributed by atoms with Gasteiger partial charge in [0.25, 0.3) is 0 Å². The van der Waals surface area contributed by atoms with Crippen molar-refractivity contribution in [3.63, 3.8) is 0 Å². The van der Waals surface area contributed by atoms with Gasteiger partial charge in [-0.15, -0.1) is 0 Å². The van der Waals surface area contributed by atoms with E-state index in [0.717, 1.165) is 16.7 Å². The number of methoxy groups -OCH3 is 1. The number of aliphatic carboxylic acids is 1. The van der Waals surface area contributed by atoms with Crippen LogP contribution in [0.1, 0.15) is 29.5 Å². The maximum Gasteiger partial charge on any atom is 0.314 e. The molecule has 1 fully saturated rings. The van der Waals surface area contributed by atoms with E-state index in [2.05, 4.69) is 0 Å². The number of benzene rings is 1. The lowest BCUT2D eigenvalue weighted by molar-refractivity contribution is -0.140. The van der Waals surface area contributed by atoms with E-state index in [1.807, 2.05) is 18.2 Å². The molecule has 1 heterocycles. The van der Waals surface area contributed by atoms with Gasteiger partial charge in [-0.25, -0.2) is 0 Å². The second-order valence-electron chi connectivity index (χ2n) is 5.55. The number of amides is 1. The molecule has 1 aliphatic heterocycles. The molecule has 0 aromatic heterocycles. The topological polar surface area (TPSA) is 66.8 Å². The summed E-state index contributed by atoms with van der Waals surface area (Å²) in [7, 11) is 1.50. The molecular formula is C15H17NO4. The first kappa shape index (κ1) is 13.1. The standard InChI is InChI=1S/C15H17NO4/c1-20-9-13(17)16-7-10-2-3-12(6-11(10)8-16)15(4-5-15)14(18)19/h2-3,6H,4-5,7-9H2,1H3,(H,18,19). The third-order valence-electron chi connectivity index (χ3n) is 4.26. The summed E-state index contributed by atoms with van der Waals surface area (Å²) < 4.78 is 4.87. The van der Waals surface area contributed by atoms with E-state index in [0.29, 0.717) is 25.9 Å². The van der Waals surface area contributed by atoms with E-state index in [1.165, 1.54) is 7.11 Å². The molecule has 0 bridgehead atoms. The summed E-state index contributed by atoms with van der Waals surface area (Å²) >= 11 is 0. The van der Waals surface area contributed by atoms with Crippen molar-refractivity contribution in [1.29, 1.82) is 0 Å². The Bertz CT molecular complexity index is 577. The molecule has 0 atom stereocenters. The number of carboxylic acid groups (broad SMARTS) is 1. The zero-order chi connectivity index (χ0) is 14.3. The van der Waals surface area contributed by atoms with Crippen molar-refractivity contribution in [3.05, 3.63) is 34.9 Å². The van der Waals surface area contributed by atoms with E-state index in [9.17, 15) is 14.7 Å². The average Bonchev–Trinajstić information content (AvgIpc) is 3.12. The summed E-state index contributed by atoms with van der Waals surface area (Å²) in [5, 5.41) is 9.33. The van der Waals surface area contributed by atoms with Gasteiger partial charge in [0.05, 0.1) is 5.41 Å². The van der Waals surface area contributed by atoms with E-state index in [-0.39, 0.29) is 12.5 Å². The van der Waals surface area contributed by atoms with Gasteiger partial charge >= 0.3 is 5.97 Å². The molecule has 0 radical (unpaired) electrons. The molecule has 5 heteroatoms. The van der Waals surface area contributed by atoms with Crippen LogP contribution in [-0.2, 0) is 32.8 Å². The molecule has 1 amide bonds. The number of hydrogen-bond donors (Lipinski definition) is 1. The Labute approximate surface area is 117 Å². The molecule has 1 aromatic rings. The lowest BCUT2D eigenvalue weighted by atomic mass is 9.93. The van der Waals surface area contributed by atoms with E-state index in [1.54, 1.807) is 4.90 Å². The second-order valence-corrected chi connectivity index (χ2v) is 5.55. The van der Waals surface area contributed by atoms with Crippen LogP contribution in [0.3, 0.4) is 0 Å². The molecule has 0 spiro atoms.